The first-order valence-electron chi connectivity index (χ1n) is 9.44. The third-order valence-corrected chi connectivity index (χ3v) is 7.24. The molecule has 1 aromatic carbocycles. The molecule has 0 saturated carbocycles. The first-order chi connectivity index (χ1) is 14.8. The number of nitrogens with zero attached hydrogens (tertiary/aromatic N) is 3. The molecule has 0 atom stereocenters. The van der Waals surface area contributed by atoms with Crippen molar-refractivity contribution in [1.29, 1.82) is 5.41 Å². The zero-order chi connectivity index (χ0) is 22.2. The number of sulfone groups is 1. The highest BCUT2D eigenvalue weighted by atomic mass is 79.9. The molecule has 4 rings (SSSR count). The summed E-state index contributed by atoms with van der Waals surface area (Å²) in [4.78, 5) is 17.5. The highest BCUT2D eigenvalue weighted by molar-refractivity contribution is 9.10. The molecular formula is C21H19BrN4O4S. The van der Waals surface area contributed by atoms with Gasteiger partial charge in [-0.3, -0.25) is 14.6 Å². The van der Waals surface area contributed by atoms with Gasteiger partial charge in [0.05, 0.1) is 10.3 Å². The van der Waals surface area contributed by atoms with Crippen molar-refractivity contribution in [3.63, 3.8) is 0 Å². The molecule has 4 aromatic rings. The summed E-state index contributed by atoms with van der Waals surface area (Å²) >= 11 is 3.29. The molecule has 1 N–H and O–H groups in total. The molecule has 0 unspecified atom stereocenters. The lowest BCUT2D eigenvalue weighted by Gasteiger charge is -2.15. The molecule has 0 amide bonds. The molecule has 160 valence electrons. The topological polar surface area (TPSA) is 107 Å². The van der Waals surface area contributed by atoms with Crippen LogP contribution in [-0.4, -0.2) is 36.1 Å². The maximum Gasteiger partial charge on any atom is 0.267 e. The Morgan fingerprint density at radius 1 is 1.16 bits per heavy atom. The van der Waals surface area contributed by atoms with Crippen LogP contribution in [0.15, 0.2) is 73.8 Å². The number of hydrogen-bond acceptors (Lipinski definition) is 6. The van der Waals surface area contributed by atoms with Crippen LogP contribution in [0.3, 0.4) is 0 Å². The molecule has 0 bridgehead atoms. The Morgan fingerprint density at radius 3 is 2.61 bits per heavy atom. The van der Waals surface area contributed by atoms with E-state index in [0.29, 0.717) is 18.7 Å². The van der Waals surface area contributed by atoms with Crippen molar-refractivity contribution >= 4 is 42.4 Å². The Labute approximate surface area is 186 Å². The summed E-state index contributed by atoms with van der Waals surface area (Å²) in [5, 5.41) is 8.81. The molecule has 8 nitrogen and oxygen atoms in total. The van der Waals surface area contributed by atoms with Gasteiger partial charge in [0.1, 0.15) is 21.7 Å². The molecule has 31 heavy (non-hydrogen) atoms. The first kappa shape index (κ1) is 21.4. The molecule has 0 aliphatic carbocycles. The van der Waals surface area contributed by atoms with Crippen molar-refractivity contribution < 1.29 is 13.2 Å². The molecule has 3 aromatic heterocycles. The minimum atomic E-state index is -4.04. The van der Waals surface area contributed by atoms with Crippen molar-refractivity contribution in [2.24, 2.45) is 0 Å². The van der Waals surface area contributed by atoms with Crippen molar-refractivity contribution in [3.8, 4) is 0 Å². The number of methoxy groups -OCH3 is 1. The second-order valence-electron chi connectivity index (χ2n) is 6.90. The number of benzene rings is 1. The Balaban J connectivity index is 2.06. The van der Waals surface area contributed by atoms with Crippen molar-refractivity contribution in [2.75, 3.05) is 13.7 Å². The van der Waals surface area contributed by atoms with Crippen LogP contribution in [0.1, 0.15) is 6.42 Å². The van der Waals surface area contributed by atoms with E-state index in [-0.39, 0.29) is 32.9 Å². The number of nitrogens with one attached hydrogen (secondary N) is 1. The van der Waals surface area contributed by atoms with E-state index < -0.39 is 15.4 Å². The van der Waals surface area contributed by atoms with E-state index in [1.54, 1.807) is 43.6 Å². The van der Waals surface area contributed by atoms with Gasteiger partial charge in [0.2, 0.25) is 9.84 Å². The summed E-state index contributed by atoms with van der Waals surface area (Å²) < 4.78 is 35.4. The fourth-order valence-electron chi connectivity index (χ4n) is 3.39. The summed E-state index contributed by atoms with van der Waals surface area (Å²) in [7, 11) is -2.47. The summed E-state index contributed by atoms with van der Waals surface area (Å²) in [5.41, 5.74) is 0.0718. The third kappa shape index (κ3) is 3.82. The highest BCUT2D eigenvalue weighted by Crippen LogP contribution is 2.22. The van der Waals surface area contributed by atoms with Crippen LogP contribution < -0.4 is 11.0 Å². The quantitative estimate of drug-likeness (QED) is 0.322. The monoisotopic (exact) mass is 502 g/mol. The molecule has 0 aliphatic rings. The van der Waals surface area contributed by atoms with Gasteiger partial charge in [-0.15, -0.1) is 0 Å². The van der Waals surface area contributed by atoms with Crippen LogP contribution in [0, 0.1) is 5.41 Å². The van der Waals surface area contributed by atoms with Crippen LogP contribution in [0.2, 0.25) is 0 Å². The molecule has 0 aliphatic heterocycles. The Kier molecular flexibility index (Phi) is 5.78. The summed E-state index contributed by atoms with van der Waals surface area (Å²) in [6, 6.07) is 12.6. The van der Waals surface area contributed by atoms with Gasteiger partial charge >= 0.3 is 0 Å². The average Bonchev–Trinajstić information content (AvgIpc) is 2.76. The number of hydrogen-bond donors (Lipinski definition) is 1. The number of rotatable bonds is 6. The third-order valence-electron chi connectivity index (χ3n) is 4.93. The van der Waals surface area contributed by atoms with E-state index in [4.69, 9.17) is 10.1 Å². The zero-order valence-corrected chi connectivity index (χ0v) is 19.0. The van der Waals surface area contributed by atoms with E-state index in [1.807, 2.05) is 0 Å². The largest absolute Gasteiger partial charge is 0.385 e. The van der Waals surface area contributed by atoms with Crippen LogP contribution in [0.25, 0.3) is 16.7 Å². The summed E-state index contributed by atoms with van der Waals surface area (Å²) in [6.07, 6.45) is 2.11. The van der Waals surface area contributed by atoms with Gasteiger partial charge in [-0.05, 0) is 48.9 Å². The van der Waals surface area contributed by atoms with Crippen LogP contribution in [-0.2, 0) is 21.1 Å². The first-order valence-corrected chi connectivity index (χ1v) is 11.7. The maximum atomic E-state index is 13.4. The van der Waals surface area contributed by atoms with Crippen molar-refractivity contribution in [3.05, 3.63) is 75.0 Å². The van der Waals surface area contributed by atoms with Gasteiger partial charge < -0.3 is 9.30 Å². The molecule has 0 spiro atoms. The van der Waals surface area contributed by atoms with Gasteiger partial charge in [-0.2, -0.15) is 0 Å². The zero-order valence-electron chi connectivity index (χ0n) is 16.6. The van der Waals surface area contributed by atoms with E-state index in [1.165, 1.54) is 27.2 Å². The maximum absolute atomic E-state index is 13.4. The molecule has 0 saturated heterocycles. The number of halogens is 1. The van der Waals surface area contributed by atoms with Crippen molar-refractivity contribution in [2.45, 2.75) is 22.8 Å². The number of fused-ring (bicyclic) bond motifs is 2. The fourth-order valence-corrected chi connectivity index (χ4v) is 5.04. The van der Waals surface area contributed by atoms with E-state index >= 15 is 0 Å². The van der Waals surface area contributed by atoms with Crippen LogP contribution >= 0.6 is 15.9 Å². The van der Waals surface area contributed by atoms with E-state index in [2.05, 4.69) is 20.9 Å². The van der Waals surface area contributed by atoms with E-state index in [0.717, 1.165) is 4.47 Å². The van der Waals surface area contributed by atoms with Gasteiger partial charge in [-0.1, -0.05) is 22.0 Å². The van der Waals surface area contributed by atoms with Gasteiger partial charge in [0.15, 0.2) is 0 Å². The smallest absolute Gasteiger partial charge is 0.267 e. The lowest BCUT2D eigenvalue weighted by molar-refractivity contribution is 0.190. The SMILES string of the molecule is COCCCn1c(=N)c(S(=O)(=O)c2ccc(Br)cc2)cc2c(=O)n3ccccc3nc21. The number of ether oxygens (including phenoxy) is 1. The molecule has 0 fully saturated rings. The highest BCUT2D eigenvalue weighted by Gasteiger charge is 2.24. The Bertz CT molecular complexity index is 1510. The second-order valence-corrected chi connectivity index (χ2v) is 9.73. The van der Waals surface area contributed by atoms with Gasteiger partial charge in [0.25, 0.3) is 5.56 Å². The average molecular weight is 503 g/mol. The lowest BCUT2D eigenvalue weighted by atomic mass is 10.3. The second kappa shape index (κ2) is 8.37. The molecule has 10 heteroatoms. The number of pyridine rings is 2. The molecular weight excluding hydrogens is 484 g/mol. The van der Waals surface area contributed by atoms with Crippen molar-refractivity contribution in [1.82, 2.24) is 14.0 Å². The number of aryl methyl sites for hydroxylation is 1. The van der Waals surface area contributed by atoms with Crippen LogP contribution in [0.5, 0.6) is 0 Å². The minimum Gasteiger partial charge on any atom is -0.385 e. The number of aromatic nitrogens is 3. The predicted octanol–water partition coefficient (Wildman–Crippen LogP) is 2.76. The molecule has 0 radical (unpaired) electrons. The normalized spacial score (nSPS) is 11.9. The fraction of sp³-hybridized carbons (Fsp3) is 0.190. The van der Waals surface area contributed by atoms with Gasteiger partial charge in [0, 0.05) is 30.9 Å². The Morgan fingerprint density at radius 2 is 1.90 bits per heavy atom. The summed E-state index contributed by atoms with van der Waals surface area (Å²) in [5.74, 6) is 0. The minimum absolute atomic E-state index is 0.0424. The predicted molar refractivity (Wildman–Crippen MR) is 119 cm³/mol. The molecule has 3 heterocycles. The summed E-state index contributed by atoms with van der Waals surface area (Å²) in [6.45, 7) is 0.701. The van der Waals surface area contributed by atoms with Crippen LogP contribution in [0.4, 0.5) is 0 Å². The lowest BCUT2D eigenvalue weighted by Crippen LogP contribution is -2.30. The van der Waals surface area contributed by atoms with Gasteiger partial charge in [-0.25, -0.2) is 13.4 Å². The Hall–Kier alpha value is -2.82. The van der Waals surface area contributed by atoms with E-state index in [9.17, 15) is 13.2 Å². The standard InChI is InChI=1S/C21H19BrN4O4S/c1-30-12-4-11-26-19(23)17(31(28,29)15-8-6-14(22)7-9-15)13-16-20(26)24-18-5-2-3-10-25(18)21(16)27/h2-3,5-10,13,23H,4,11-12H2,1H3.